The number of pyridine rings is 1. The van der Waals surface area contributed by atoms with Gasteiger partial charge in [-0.1, -0.05) is 12.1 Å². The second-order valence-electron chi connectivity index (χ2n) is 5.21. The minimum Gasteiger partial charge on any atom is -0.449 e. The Hall–Kier alpha value is -3.15. The van der Waals surface area contributed by atoms with Gasteiger partial charge in [0.25, 0.3) is 0 Å². The molecule has 0 N–H and O–H groups in total. The van der Waals surface area contributed by atoms with Crippen molar-refractivity contribution in [1.82, 2.24) is 14.4 Å². The van der Waals surface area contributed by atoms with Crippen molar-refractivity contribution in [3.63, 3.8) is 0 Å². The predicted molar refractivity (Wildman–Crippen MR) is 83.0 cm³/mol. The van der Waals surface area contributed by atoms with Gasteiger partial charge in [0, 0.05) is 6.20 Å². The van der Waals surface area contributed by atoms with E-state index >= 15 is 0 Å². The van der Waals surface area contributed by atoms with Crippen LogP contribution < -0.4 is 0 Å². The molecule has 0 bridgehead atoms. The van der Waals surface area contributed by atoms with Crippen LogP contribution in [-0.4, -0.2) is 20.3 Å². The number of carbonyl (C=O) groups excluding carboxylic acids is 1. The van der Waals surface area contributed by atoms with E-state index in [2.05, 4.69) is 9.97 Å². The Balaban J connectivity index is 1.57. The molecule has 0 radical (unpaired) electrons. The topological polar surface area (TPSA) is 69.6 Å². The lowest BCUT2D eigenvalue weighted by atomic mass is 10.2. The zero-order valence-electron chi connectivity index (χ0n) is 12.3. The number of rotatable bonds is 3. The lowest BCUT2D eigenvalue weighted by Crippen LogP contribution is -2.09. The summed E-state index contributed by atoms with van der Waals surface area (Å²) in [6, 6.07) is 10.9. The molecular weight excluding hydrogens is 294 g/mol. The number of benzene rings is 1. The van der Waals surface area contributed by atoms with Gasteiger partial charge < -0.3 is 13.6 Å². The second kappa shape index (κ2) is 5.24. The molecule has 0 saturated carbocycles. The molecule has 0 amide bonds. The number of esters is 1. The zero-order chi connectivity index (χ0) is 15.8. The first-order chi connectivity index (χ1) is 11.2. The summed E-state index contributed by atoms with van der Waals surface area (Å²) in [6.45, 7) is 1.74. The SMILES string of the molecule is C[C@H](OC(=O)c1ccn2cncc2c1)c1nc2ccccc2o1. The summed E-state index contributed by atoms with van der Waals surface area (Å²) >= 11 is 0. The number of hydrogen-bond donors (Lipinski definition) is 0. The third-order valence-corrected chi connectivity index (χ3v) is 3.59. The fraction of sp³-hybridized carbons (Fsp3) is 0.118. The van der Waals surface area contributed by atoms with Gasteiger partial charge in [0.15, 0.2) is 11.7 Å². The Morgan fingerprint density at radius 2 is 2.17 bits per heavy atom. The fourth-order valence-corrected chi connectivity index (χ4v) is 2.39. The highest BCUT2D eigenvalue weighted by Crippen LogP contribution is 2.23. The molecule has 0 fully saturated rings. The second-order valence-corrected chi connectivity index (χ2v) is 5.21. The Labute approximate surface area is 131 Å². The zero-order valence-corrected chi connectivity index (χ0v) is 12.3. The molecular formula is C17H13N3O3. The molecule has 4 rings (SSSR count). The van der Waals surface area contributed by atoms with Gasteiger partial charge in [-0.3, -0.25) is 0 Å². The average molecular weight is 307 g/mol. The van der Waals surface area contributed by atoms with E-state index in [4.69, 9.17) is 9.15 Å². The van der Waals surface area contributed by atoms with Crippen LogP contribution in [-0.2, 0) is 4.74 Å². The molecule has 4 aromatic rings. The molecule has 0 spiro atoms. The van der Waals surface area contributed by atoms with Crippen LogP contribution in [0, 0.1) is 0 Å². The number of fused-ring (bicyclic) bond motifs is 2. The Morgan fingerprint density at radius 1 is 1.30 bits per heavy atom. The molecule has 114 valence electrons. The fourth-order valence-electron chi connectivity index (χ4n) is 2.39. The van der Waals surface area contributed by atoms with E-state index < -0.39 is 12.1 Å². The number of imidazole rings is 1. The van der Waals surface area contributed by atoms with Gasteiger partial charge >= 0.3 is 5.97 Å². The smallest absolute Gasteiger partial charge is 0.339 e. The number of para-hydroxylation sites is 2. The van der Waals surface area contributed by atoms with Gasteiger partial charge in [-0.15, -0.1) is 0 Å². The molecule has 1 aromatic carbocycles. The minimum atomic E-state index is -0.573. The van der Waals surface area contributed by atoms with Gasteiger partial charge in [-0.05, 0) is 31.2 Å². The molecule has 0 aliphatic rings. The van der Waals surface area contributed by atoms with Crippen LogP contribution in [0.2, 0.25) is 0 Å². The molecule has 0 aliphatic carbocycles. The number of nitrogens with zero attached hydrogens (tertiary/aromatic N) is 3. The standard InChI is InChI=1S/C17H13N3O3/c1-11(16-19-14-4-2-3-5-15(14)23-16)22-17(21)12-6-7-20-10-18-9-13(20)8-12/h2-11H,1H3/t11-/m0/s1. The Kier molecular flexibility index (Phi) is 3.08. The van der Waals surface area contributed by atoms with Crippen molar-refractivity contribution in [2.24, 2.45) is 0 Å². The van der Waals surface area contributed by atoms with Crippen molar-refractivity contribution >= 4 is 22.6 Å². The van der Waals surface area contributed by atoms with Gasteiger partial charge in [0.2, 0.25) is 5.89 Å². The number of carbonyl (C=O) groups is 1. The molecule has 0 aliphatic heterocycles. The molecule has 6 nitrogen and oxygen atoms in total. The molecule has 3 heterocycles. The summed E-state index contributed by atoms with van der Waals surface area (Å²) in [4.78, 5) is 20.7. The van der Waals surface area contributed by atoms with Crippen LogP contribution in [0.1, 0.15) is 29.3 Å². The third-order valence-electron chi connectivity index (χ3n) is 3.59. The number of ether oxygens (including phenoxy) is 1. The van der Waals surface area contributed by atoms with E-state index in [0.717, 1.165) is 11.0 Å². The molecule has 23 heavy (non-hydrogen) atoms. The largest absolute Gasteiger partial charge is 0.449 e. The van der Waals surface area contributed by atoms with Crippen LogP contribution >= 0.6 is 0 Å². The van der Waals surface area contributed by atoms with Crippen LogP contribution in [0.25, 0.3) is 16.6 Å². The average Bonchev–Trinajstić information content (AvgIpc) is 3.20. The molecule has 1 atom stereocenters. The van der Waals surface area contributed by atoms with Crippen LogP contribution in [0.3, 0.4) is 0 Å². The monoisotopic (exact) mass is 307 g/mol. The summed E-state index contributed by atoms with van der Waals surface area (Å²) in [5.41, 5.74) is 2.70. The molecule has 0 saturated heterocycles. The number of aromatic nitrogens is 3. The van der Waals surface area contributed by atoms with E-state index in [9.17, 15) is 4.79 Å². The van der Waals surface area contributed by atoms with E-state index in [1.807, 2.05) is 28.7 Å². The lowest BCUT2D eigenvalue weighted by Gasteiger charge is -2.09. The van der Waals surface area contributed by atoms with Gasteiger partial charge in [0.05, 0.1) is 23.6 Å². The highest BCUT2D eigenvalue weighted by Gasteiger charge is 2.19. The van der Waals surface area contributed by atoms with Gasteiger partial charge in [0.1, 0.15) is 5.52 Å². The predicted octanol–water partition coefficient (Wildman–Crippen LogP) is 3.39. The molecule has 0 unspecified atom stereocenters. The quantitative estimate of drug-likeness (QED) is 0.543. The van der Waals surface area contributed by atoms with Crippen molar-refractivity contribution in [2.75, 3.05) is 0 Å². The highest BCUT2D eigenvalue weighted by atomic mass is 16.6. The summed E-state index contributed by atoms with van der Waals surface area (Å²) in [7, 11) is 0. The first-order valence-corrected chi connectivity index (χ1v) is 7.19. The maximum Gasteiger partial charge on any atom is 0.339 e. The van der Waals surface area contributed by atoms with E-state index in [1.165, 1.54) is 0 Å². The molecule has 3 aromatic heterocycles. The van der Waals surface area contributed by atoms with E-state index in [-0.39, 0.29) is 0 Å². The minimum absolute atomic E-state index is 0.380. The number of hydrogen-bond acceptors (Lipinski definition) is 5. The van der Waals surface area contributed by atoms with Crippen LogP contribution in [0.4, 0.5) is 0 Å². The summed E-state index contributed by atoms with van der Waals surface area (Å²) < 4.78 is 12.9. The first-order valence-electron chi connectivity index (χ1n) is 7.19. The maximum absolute atomic E-state index is 12.3. The van der Waals surface area contributed by atoms with Crippen molar-refractivity contribution in [1.29, 1.82) is 0 Å². The van der Waals surface area contributed by atoms with Crippen molar-refractivity contribution < 1.29 is 13.9 Å². The van der Waals surface area contributed by atoms with Crippen molar-refractivity contribution in [3.05, 3.63) is 66.6 Å². The highest BCUT2D eigenvalue weighted by molar-refractivity contribution is 5.90. The summed E-state index contributed by atoms with van der Waals surface area (Å²) in [5.74, 6) is -0.0477. The van der Waals surface area contributed by atoms with Crippen LogP contribution in [0.15, 0.2) is 59.5 Å². The van der Waals surface area contributed by atoms with E-state index in [1.54, 1.807) is 37.8 Å². The van der Waals surface area contributed by atoms with Crippen molar-refractivity contribution in [3.8, 4) is 0 Å². The summed E-state index contributed by atoms with van der Waals surface area (Å²) in [5, 5.41) is 0. The Morgan fingerprint density at radius 3 is 3.04 bits per heavy atom. The third kappa shape index (κ3) is 2.44. The number of oxazole rings is 1. The van der Waals surface area contributed by atoms with Gasteiger partial charge in [-0.2, -0.15) is 0 Å². The van der Waals surface area contributed by atoms with E-state index in [0.29, 0.717) is 17.0 Å². The van der Waals surface area contributed by atoms with Gasteiger partial charge in [-0.25, -0.2) is 14.8 Å². The lowest BCUT2D eigenvalue weighted by molar-refractivity contribution is 0.0282. The Bertz CT molecular complexity index is 969. The normalized spacial score (nSPS) is 12.6. The first kappa shape index (κ1) is 13.5. The van der Waals surface area contributed by atoms with Crippen molar-refractivity contribution in [2.45, 2.75) is 13.0 Å². The molecule has 6 heteroatoms. The van der Waals surface area contributed by atoms with Crippen LogP contribution in [0.5, 0.6) is 0 Å². The maximum atomic E-state index is 12.3. The summed E-state index contributed by atoms with van der Waals surface area (Å²) in [6.07, 6.45) is 4.55.